The monoisotopic (exact) mass is 532 g/mol. The Balaban J connectivity index is 1.53. The molecule has 1 atom stereocenters. The Bertz CT molecular complexity index is 1790. The van der Waals surface area contributed by atoms with Crippen LogP contribution in [0.1, 0.15) is 19.4 Å². The van der Waals surface area contributed by atoms with Crippen molar-refractivity contribution in [2.45, 2.75) is 31.0 Å². The van der Waals surface area contributed by atoms with Crippen LogP contribution in [0.2, 0.25) is 0 Å². The van der Waals surface area contributed by atoms with Gasteiger partial charge in [0.1, 0.15) is 22.7 Å². The fraction of sp³-hybridized carbons (Fsp3) is 0.200. The smallest absolute Gasteiger partial charge is 0.416 e. The number of nitrogens with one attached hydrogen (secondary N) is 1. The largest absolute Gasteiger partial charge is 0.480 e. The summed E-state index contributed by atoms with van der Waals surface area (Å²) in [6.07, 6.45) is -4.51. The average Bonchev–Trinajstić information content (AvgIpc) is 3.41. The Kier molecular flexibility index (Phi) is 5.76. The molecule has 0 radical (unpaired) electrons. The zero-order chi connectivity index (χ0) is 26.7. The molecule has 12 heteroatoms. The zero-order valence-electron chi connectivity index (χ0n) is 19.3. The number of alkyl halides is 3. The van der Waals surface area contributed by atoms with E-state index in [1.165, 1.54) is 24.3 Å². The highest BCUT2D eigenvalue weighted by molar-refractivity contribution is 7.89. The summed E-state index contributed by atoms with van der Waals surface area (Å²) in [5.41, 5.74) is 0.607. The number of oxazole rings is 1. The summed E-state index contributed by atoms with van der Waals surface area (Å²) in [5.74, 6) is -1.66. The lowest BCUT2D eigenvalue weighted by atomic mass is 10.1. The molecule has 2 heterocycles. The van der Waals surface area contributed by atoms with Gasteiger partial charge < -0.3 is 13.9 Å². The van der Waals surface area contributed by atoms with Gasteiger partial charge in [-0.25, -0.2) is 13.4 Å². The average molecular weight is 532 g/mol. The predicted molar refractivity (Wildman–Crippen MR) is 128 cm³/mol. The quantitative estimate of drug-likeness (QED) is 0.283. The summed E-state index contributed by atoms with van der Waals surface area (Å²) in [6, 6.07) is 10.8. The van der Waals surface area contributed by atoms with Crippen molar-refractivity contribution in [2.75, 3.05) is 0 Å². The number of furan rings is 1. The molecule has 0 aliphatic carbocycles. The van der Waals surface area contributed by atoms with Crippen LogP contribution in [0.15, 0.2) is 68.3 Å². The van der Waals surface area contributed by atoms with Crippen molar-refractivity contribution in [1.82, 2.24) is 9.71 Å². The van der Waals surface area contributed by atoms with Gasteiger partial charge in [-0.2, -0.15) is 17.9 Å². The van der Waals surface area contributed by atoms with Crippen LogP contribution in [0.5, 0.6) is 0 Å². The Morgan fingerprint density at radius 2 is 1.70 bits per heavy atom. The van der Waals surface area contributed by atoms with E-state index in [0.717, 1.165) is 12.1 Å². The molecule has 0 saturated heterocycles. The molecule has 0 saturated carbocycles. The van der Waals surface area contributed by atoms with Crippen LogP contribution in [-0.2, 0) is 21.0 Å². The van der Waals surface area contributed by atoms with E-state index in [1.54, 1.807) is 32.0 Å². The molecule has 0 bridgehead atoms. The summed E-state index contributed by atoms with van der Waals surface area (Å²) >= 11 is 0. The van der Waals surface area contributed by atoms with Crippen LogP contribution in [-0.4, -0.2) is 30.5 Å². The number of fused-ring (bicyclic) bond motifs is 4. The summed E-state index contributed by atoms with van der Waals surface area (Å²) in [4.78, 5) is 15.6. The molecule has 0 unspecified atom stereocenters. The van der Waals surface area contributed by atoms with Crippen molar-refractivity contribution in [3.63, 3.8) is 0 Å². The fourth-order valence-corrected chi connectivity index (χ4v) is 5.35. The number of nitrogens with zero attached hydrogens (tertiary/aromatic N) is 1. The summed E-state index contributed by atoms with van der Waals surface area (Å²) in [7, 11) is -4.15. The van der Waals surface area contributed by atoms with Gasteiger partial charge in [0.25, 0.3) is 0 Å². The predicted octanol–water partition coefficient (Wildman–Crippen LogP) is 5.80. The van der Waals surface area contributed by atoms with E-state index in [4.69, 9.17) is 8.83 Å². The standard InChI is InChI=1S/C25H19F3N2O6S/c1-12(2)22(24(31)32)30-37(33,34)15-5-8-19-17(11-15)16-6-3-13(9-20(16)35-19)23-29-18-7-4-14(25(26,27)28)10-21(18)36-23/h3-12,22,30H,1-2H3,(H,31,32)/t22-/m1/s1. The van der Waals surface area contributed by atoms with E-state index in [1.807, 2.05) is 0 Å². The zero-order valence-corrected chi connectivity index (χ0v) is 20.1. The van der Waals surface area contributed by atoms with Crippen LogP contribution in [0.4, 0.5) is 13.2 Å². The molecule has 0 aliphatic heterocycles. The van der Waals surface area contributed by atoms with Crippen LogP contribution >= 0.6 is 0 Å². The second-order valence-corrected chi connectivity index (χ2v) is 10.6. The number of carboxylic acid groups (broad SMARTS) is 1. The van der Waals surface area contributed by atoms with Crippen molar-refractivity contribution < 1.29 is 40.3 Å². The van der Waals surface area contributed by atoms with Gasteiger partial charge in [-0.15, -0.1) is 0 Å². The first-order valence-corrected chi connectivity index (χ1v) is 12.5. The minimum atomic E-state index is -4.51. The van der Waals surface area contributed by atoms with E-state index >= 15 is 0 Å². The van der Waals surface area contributed by atoms with Crippen molar-refractivity contribution in [3.05, 3.63) is 60.2 Å². The minimum Gasteiger partial charge on any atom is -0.480 e. The third kappa shape index (κ3) is 4.53. The first kappa shape index (κ1) is 24.8. The minimum absolute atomic E-state index is 0.0158. The normalized spacial score (nSPS) is 13.7. The summed E-state index contributed by atoms with van der Waals surface area (Å²) in [6.45, 7) is 3.19. The second kappa shape index (κ2) is 8.60. The molecule has 0 aliphatic rings. The third-order valence-corrected chi connectivity index (χ3v) is 7.37. The van der Waals surface area contributed by atoms with Crippen LogP contribution < -0.4 is 4.72 Å². The Labute approximate surface area is 207 Å². The molecule has 3 aromatic carbocycles. The second-order valence-electron chi connectivity index (χ2n) is 8.85. The van der Waals surface area contributed by atoms with E-state index in [-0.39, 0.29) is 21.9 Å². The molecule has 5 rings (SSSR count). The maximum Gasteiger partial charge on any atom is 0.416 e. The number of rotatable bonds is 6. The first-order chi connectivity index (χ1) is 17.3. The summed E-state index contributed by atoms with van der Waals surface area (Å²) < 4.78 is 78.4. The van der Waals surface area contributed by atoms with Gasteiger partial charge in [0.15, 0.2) is 5.58 Å². The van der Waals surface area contributed by atoms with Gasteiger partial charge in [0.05, 0.1) is 10.5 Å². The molecule has 2 aromatic heterocycles. The van der Waals surface area contributed by atoms with E-state index in [0.29, 0.717) is 27.5 Å². The maximum absolute atomic E-state index is 13.0. The van der Waals surface area contributed by atoms with Gasteiger partial charge in [-0.3, -0.25) is 4.79 Å². The van der Waals surface area contributed by atoms with Crippen molar-refractivity contribution in [2.24, 2.45) is 5.92 Å². The molecular formula is C25H19F3N2O6S. The molecular weight excluding hydrogens is 513 g/mol. The highest BCUT2D eigenvalue weighted by Gasteiger charge is 2.31. The highest BCUT2D eigenvalue weighted by Crippen LogP contribution is 2.36. The molecule has 37 heavy (non-hydrogen) atoms. The lowest BCUT2D eigenvalue weighted by Crippen LogP contribution is -2.44. The number of aromatic nitrogens is 1. The number of halogens is 3. The van der Waals surface area contributed by atoms with Gasteiger partial charge in [-0.05, 0) is 60.5 Å². The van der Waals surface area contributed by atoms with Gasteiger partial charge in [0.2, 0.25) is 15.9 Å². The Morgan fingerprint density at radius 1 is 0.946 bits per heavy atom. The SMILES string of the molecule is CC(C)[C@@H](NS(=O)(=O)c1ccc2oc3cc(-c4nc5ccc(C(F)(F)F)cc5o4)ccc3c2c1)C(=O)O. The third-order valence-electron chi connectivity index (χ3n) is 5.93. The van der Waals surface area contributed by atoms with Gasteiger partial charge >= 0.3 is 12.1 Å². The molecule has 192 valence electrons. The fourth-order valence-electron chi connectivity index (χ4n) is 3.99. The highest BCUT2D eigenvalue weighted by atomic mass is 32.2. The molecule has 5 aromatic rings. The number of carbonyl (C=O) groups is 1. The molecule has 8 nitrogen and oxygen atoms in total. The van der Waals surface area contributed by atoms with E-state index < -0.39 is 39.7 Å². The number of aliphatic carboxylic acids is 1. The lowest BCUT2D eigenvalue weighted by molar-refractivity contribution is -0.140. The van der Waals surface area contributed by atoms with Crippen LogP contribution in [0.3, 0.4) is 0 Å². The Morgan fingerprint density at radius 3 is 2.38 bits per heavy atom. The van der Waals surface area contributed by atoms with Crippen LogP contribution in [0, 0.1) is 5.92 Å². The van der Waals surface area contributed by atoms with Crippen molar-refractivity contribution >= 4 is 49.0 Å². The number of sulfonamides is 1. The lowest BCUT2D eigenvalue weighted by Gasteiger charge is -2.17. The van der Waals surface area contributed by atoms with Crippen molar-refractivity contribution in [1.29, 1.82) is 0 Å². The number of hydrogen-bond donors (Lipinski definition) is 2. The van der Waals surface area contributed by atoms with E-state index in [9.17, 15) is 31.5 Å². The summed E-state index contributed by atoms with van der Waals surface area (Å²) in [5, 5.41) is 10.4. The van der Waals surface area contributed by atoms with Crippen LogP contribution in [0.25, 0.3) is 44.5 Å². The van der Waals surface area contributed by atoms with Crippen molar-refractivity contribution in [3.8, 4) is 11.5 Å². The number of hydrogen-bond acceptors (Lipinski definition) is 6. The molecule has 0 amide bonds. The van der Waals surface area contributed by atoms with Gasteiger partial charge in [0, 0.05) is 16.3 Å². The Hall–Kier alpha value is -3.90. The first-order valence-electron chi connectivity index (χ1n) is 11.0. The van der Waals surface area contributed by atoms with Gasteiger partial charge in [-0.1, -0.05) is 13.8 Å². The van der Waals surface area contributed by atoms with E-state index in [2.05, 4.69) is 9.71 Å². The molecule has 2 N–H and O–H groups in total. The molecule has 0 fully saturated rings. The topological polar surface area (TPSA) is 123 Å². The molecule has 0 spiro atoms. The maximum atomic E-state index is 13.0. The number of benzene rings is 3. The number of carboxylic acids is 1.